The summed E-state index contributed by atoms with van der Waals surface area (Å²) in [7, 11) is 0. The van der Waals surface area contributed by atoms with Gasteiger partial charge in [0.1, 0.15) is 0 Å². The van der Waals surface area contributed by atoms with Crippen LogP contribution in [0.2, 0.25) is 0 Å². The molecule has 0 heteroatoms. The van der Waals surface area contributed by atoms with Gasteiger partial charge in [0.2, 0.25) is 0 Å². The van der Waals surface area contributed by atoms with Crippen LogP contribution in [-0.4, -0.2) is 0 Å². The average Bonchev–Trinajstić information content (AvgIpc) is 0.938. The summed E-state index contributed by atoms with van der Waals surface area (Å²) in [6.07, 6.45) is 71.8. The minimum Gasteiger partial charge on any atom is -0.0654 e. The van der Waals surface area contributed by atoms with Gasteiger partial charge in [-0.25, -0.2) is 0 Å². The molecule has 0 bridgehead atoms. The lowest BCUT2D eigenvalue weighted by Gasteiger charge is -2.38. The van der Waals surface area contributed by atoms with Gasteiger partial charge >= 0.3 is 0 Å². The van der Waals surface area contributed by atoms with E-state index in [0.29, 0.717) is 0 Å². The first kappa shape index (κ1) is 98.0. The molecule has 3 atom stereocenters. The van der Waals surface area contributed by atoms with E-state index in [4.69, 9.17) is 0 Å². The van der Waals surface area contributed by atoms with Gasteiger partial charge in [0.05, 0.1) is 0 Å². The standard InChI is InChI=1S/C98H198/c1-26-51-52-88(55-76(27-2)28-3)67-96(66-87(49-24)50-25)69-89(68-91(56-77(29-4)30-5)57-78(31-6)32-7)53-54-90(70-97(72-92(58-79(33-8)34-9)59-80(35-10)36-11)73-93(60-81(37-12)38-13)61-82(39-14)40-15)71-98(74-94(62-83(41-16)42-17)63-84(43-18)44-19)75-95(64-85(45-20)46-21)65-86(47-22)48-23/h76-98H,26-75H2,1-25H3. The van der Waals surface area contributed by atoms with E-state index in [1.807, 2.05) is 0 Å². The Morgan fingerprint density at radius 1 is 0.102 bits per heavy atom. The Balaban J connectivity index is 9.62. The van der Waals surface area contributed by atoms with Crippen LogP contribution in [-0.2, 0) is 0 Å². The minimum atomic E-state index is 0.835. The van der Waals surface area contributed by atoms with Crippen LogP contribution in [0.25, 0.3) is 0 Å². The van der Waals surface area contributed by atoms with Gasteiger partial charge in [-0.15, -0.1) is 0 Å². The molecule has 0 nitrogen and oxygen atoms in total. The van der Waals surface area contributed by atoms with Crippen LogP contribution < -0.4 is 0 Å². The molecule has 0 heterocycles. The van der Waals surface area contributed by atoms with Crippen LogP contribution >= 0.6 is 0 Å². The van der Waals surface area contributed by atoms with E-state index in [-0.39, 0.29) is 0 Å². The lowest BCUT2D eigenvalue weighted by molar-refractivity contribution is 0.136. The molecule has 0 N–H and O–H groups in total. The Hall–Kier alpha value is 0. The highest BCUT2D eigenvalue weighted by Gasteiger charge is 2.35. The third kappa shape index (κ3) is 43.6. The van der Waals surface area contributed by atoms with Crippen LogP contribution in [0, 0.1) is 136 Å². The second-order valence-corrected chi connectivity index (χ2v) is 36.4. The number of unbranched alkanes of at least 4 members (excludes halogenated alkanes) is 1. The molecule has 98 heavy (non-hydrogen) atoms. The van der Waals surface area contributed by atoms with Gasteiger partial charge in [0.25, 0.3) is 0 Å². The average molecular weight is 1380 g/mol. The SMILES string of the molecule is CCCCC(CC(CC)CC)CC(CC(CC)CC)CC(CCC(CC(CC(CC(CC)CC)CC(CC)CC)CC(CC(CC)CC)CC(CC)CC)CC(CC(CC(CC)CC)CC(CC)CC)CC(CC(CC)CC)CC(CC)CC)CC(CC(CC)CC)CC(CC)CC. The first-order valence-corrected chi connectivity index (χ1v) is 47.3. The summed E-state index contributed by atoms with van der Waals surface area (Å²) in [5.74, 6) is 20.1. The number of hydrogen-bond acceptors (Lipinski definition) is 0. The summed E-state index contributed by atoms with van der Waals surface area (Å²) < 4.78 is 0. The van der Waals surface area contributed by atoms with Gasteiger partial charge in [-0.2, -0.15) is 0 Å². The fourth-order valence-corrected chi connectivity index (χ4v) is 21.6. The molecular formula is C98H198. The van der Waals surface area contributed by atoms with Crippen LogP contribution in [0.15, 0.2) is 0 Å². The van der Waals surface area contributed by atoms with E-state index < -0.39 is 0 Å². The summed E-state index contributed by atoms with van der Waals surface area (Å²) in [6, 6.07) is 0. The van der Waals surface area contributed by atoms with Crippen LogP contribution in [0.5, 0.6) is 0 Å². The van der Waals surface area contributed by atoms with Crippen LogP contribution in [0.3, 0.4) is 0 Å². The second kappa shape index (κ2) is 63.1. The normalized spacial score (nSPS) is 14.1. The first-order valence-electron chi connectivity index (χ1n) is 47.3. The van der Waals surface area contributed by atoms with Crippen molar-refractivity contribution in [1.82, 2.24) is 0 Å². The Bertz CT molecular complexity index is 1380. The third-order valence-corrected chi connectivity index (χ3v) is 29.8. The molecule has 0 aliphatic carbocycles. The van der Waals surface area contributed by atoms with Crippen molar-refractivity contribution in [3.63, 3.8) is 0 Å². The molecule has 0 saturated heterocycles. The number of rotatable bonds is 72. The van der Waals surface area contributed by atoms with Gasteiger partial charge in [-0.1, -0.05) is 359 Å². The molecular weight excluding hydrogens is 1180 g/mol. The lowest BCUT2D eigenvalue weighted by Crippen LogP contribution is -2.26. The lowest BCUT2D eigenvalue weighted by atomic mass is 9.68. The van der Waals surface area contributed by atoms with E-state index in [2.05, 4.69) is 173 Å². The van der Waals surface area contributed by atoms with Gasteiger partial charge < -0.3 is 0 Å². The van der Waals surface area contributed by atoms with E-state index in [9.17, 15) is 0 Å². The number of hydrogen-bond donors (Lipinski definition) is 0. The summed E-state index contributed by atoms with van der Waals surface area (Å²) in [6.45, 7) is 63.8. The van der Waals surface area contributed by atoms with E-state index in [1.54, 1.807) is 0 Å². The highest BCUT2D eigenvalue weighted by atomic mass is 14.4. The zero-order chi connectivity index (χ0) is 73.6. The van der Waals surface area contributed by atoms with Crippen molar-refractivity contribution in [2.45, 2.75) is 494 Å². The summed E-state index contributed by atoms with van der Waals surface area (Å²) in [5, 5.41) is 0. The Morgan fingerprint density at radius 2 is 0.194 bits per heavy atom. The molecule has 0 aromatic rings. The van der Waals surface area contributed by atoms with Gasteiger partial charge in [0, 0.05) is 0 Å². The molecule has 0 aliphatic rings. The van der Waals surface area contributed by atoms with Crippen LogP contribution in [0.1, 0.15) is 494 Å². The van der Waals surface area contributed by atoms with Gasteiger partial charge in [-0.3, -0.25) is 0 Å². The van der Waals surface area contributed by atoms with Crippen molar-refractivity contribution >= 4 is 0 Å². The fraction of sp³-hybridized carbons (Fsp3) is 1.00. The van der Waals surface area contributed by atoms with Crippen molar-refractivity contribution < 1.29 is 0 Å². The highest BCUT2D eigenvalue weighted by Crippen LogP contribution is 2.47. The molecule has 0 spiro atoms. The largest absolute Gasteiger partial charge is 0.0654 e. The van der Waals surface area contributed by atoms with Gasteiger partial charge in [-0.05, 0) is 271 Å². The van der Waals surface area contributed by atoms with Gasteiger partial charge in [0.15, 0.2) is 0 Å². The molecule has 590 valence electrons. The zero-order valence-electron chi connectivity index (χ0n) is 73.6. The molecule has 0 saturated carbocycles. The van der Waals surface area contributed by atoms with E-state index >= 15 is 0 Å². The Morgan fingerprint density at radius 3 is 0.306 bits per heavy atom. The summed E-state index contributed by atoms with van der Waals surface area (Å²) in [5.41, 5.74) is 0. The third-order valence-electron chi connectivity index (χ3n) is 29.8. The zero-order valence-corrected chi connectivity index (χ0v) is 73.6. The van der Waals surface area contributed by atoms with Crippen molar-refractivity contribution in [3.8, 4) is 0 Å². The quantitative estimate of drug-likeness (QED) is 0.0569. The predicted molar refractivity (Wildman–Crippen MR) is 453 cm³/mol. The van der Waals surface area contributed by atoms with Crippen molar-refractivity contribution in [3.05, 3.63) is 0 Å². The predicted octanol–water partition coefficient (Wildman–Crippen LogP) is 35.2. The fourth-order valence-electron chi connectivity index (χ4n) is 21.6. The Kier molecular flexibility index (Phi) is 63.1. The van der Waals surface area contributed by atoms with Crippen molar-refractivity contribution in [2.75, 3.05) is 0 Å². The first-order chi connectivity index (χ1) is 47.3. The van der Waals surface area contributed by atoms with Crippen molar-refractivity contribution in [2.24, 2.45) is 136 Å². The molecule has 3 unspecified atom stereocenters. The minimum absolute atomic E-state index is 0.835. The molecule has 0 radical (unpaired) electrons. The second-order valence-electron chi connectivity index (χ2n) is 36.4. The van der Waals surface area contributed by atoms with E-state index in [0.717, 1.165) is 136 Å². The molecule has 0 aromatic heterocycles. The highest BCUT2D eigenvalue weighted by molar-refractivity contribution is 4.86. The Labute approximate surface area is 626 Å². The maximum absolute atomic E-state index is 2.57. The maximum atomic E-state index is 2.57. The van der Waals surface area contributed by atoms with E-state index in [1.165, 1.54) is 321 Å². The summed E-state index contributed by atoms with van der Waals surface area (Å²) in [4.78, 5) is 0. The monoisotopic (exact) mass is 1380 g/mol. The van der Waals surface area contributed by atoms with Crippen LogP contribution in [0.4, 0.5) is 0 Å². The molecule has 0 fully saturated rings. The molecule has 0 aliphatic heterocycles. The van der Waals surface area contributed by atoms with Crippen molar-refractivity contribution in [1.29, 1.82) is 0 Å². The summed E-state index contributed by atoms with van der Waals surface area (Å²) >= 11 is 0. The molecule has 0 amide bonds. The topological polar surface area (TPSA) is 0 Å². The maximum Gasteiger partial charge on any atom is -0.0406 e. The molecule has 0 aromatic carbocycles. The smallest absolute Gasteiger partial charge is 0.0406 e. The molecule has 0 rings (SSSR count).